The maximum atomic E-state index is 12.9. The van der Waals surface area contributed by atoms with E-state index in [1.165, 1.54) is 18.4 Å². The van der Waals surface area contributed by atoms with Gasteiger partial charge in [0.2, 0.25) is 0 Å². The molecule has 1 aromatic carbocycles. The van der Waals surface area contributed by atoms with Crippen molar-refractivity contribution >= 4 is 15.7 Å². The molecule has 0 unspecified atom stereocenters. The normalized spacial score (nSPS) is 17.7. The number of sulfonamides is 1. The van der Waals surface area contributed by atoms with Crippen LogP contribution in [0, 0.1) is 5.92 Å². The van der Waals surface area contributed by atoms with Crippen molar-refractivity contribution in [3.63, 3.8) is 0 Å². The predicted octanol–water partition coefficient (Wildman–Crippen LogP) is 2.60. The monoisotopic (exact) mass is 360 g/mol. The second-order valence-electron chi connectivity index (χ2n) is 7.17. The molecule has 0 radical (unpaired) electrons. The number of hydrogen-bond donors (Lipinski definition) is 1. The molecule has 6 nitrogen and oxygen atoms in total. The van der Waals surface area contributed by atoms with E-state index in [1.54, 1.807) is 6.20 Å². The van der Waals surface area contributed by atoms with Gasteiger partial charge in [-0.1, -0.05) is 19.1 Å². The van der Waals surface area contributed by atoms with Crippen LogP contribution >= 0.6 is 0 Å². The van der Waals surface area contributed by atoms with Crippen molar-refractivity contribution in [3.8, 4) is 0 Å². The van der Waals surface area contributed by atoms with Gasteiger partial charge in [0.1, 0.15) is 5.82 Å². The molecule has 1 N–H and O–H groups in total. The molecule has 0 saturated heterocycles. The minimum Gasteiger partial charge on any atom is -0.333 e. The first-order valence-corrected chi connectivity index (χ1v) is 10.3. The van der Waals surface area contributed by atoms with Crippen molar-refractivity contribution < 1.29 is 8.42 Å². The Labute approximate surface area is 148 Å². The van der Waals surface area contributed by atoms with Gasteiger partial charge in [-0.2, -0.15) is 8.42 Å². The van der Waals surface area contributed by atoms with Crippen molar-refractivity contribution in [1.82, 2.24) is 14.5 Å². The summed E-state index contributed by atoms with van der Waals surface area (Å²) in [7, 11) is -1.65. The zero-order chi connectivity index (χ0) is 17.6. The summed E-state index contributed by atoms with van der Waals surface area (Å²) in [5.41, 5.74) is 2.90. The fourth-order valence-electron chi connectivity index (χ4n) is 3.46. The van der Waals surface area contributed by atoms with Gasteiger partial charge in [0, 0.05) is 32.3 Å². The second-order valence-corrected chi connectivity index (χ2v) is 8.79. The summed E-state index contributed by atoms with van der Waals surface area (Å²) in [6.07, 6.45) is 4.87. The SMILES string of the molecule is CCc1nc(S(=O)(=O)Nc2cccc3c2CN(C)C3)cn1CC1CC1. The number of nitrogens with zero attached hydrogens (tertiary/aromatic N) is 3. The lowest BCUT2D eigenvalue weighted by atomic mass is 10.1. The molecular formula is C18H24N4O2S. The van der Waals surface area contributed by atoms with Gasteiger partial charge in [-0.3, -0.25) is 9.62 Å². The smallest absolute Gasteiger partial charge is 0.280 e. The van der Waals surface area contributed by atoms with Gasteiger partial charge in [0.05, 0.1) is 5.69 Å². The molecule has 2 heterocycles. The number of nitrogens with one attached hydrogen (secondary N) is 1. The quantitative estimate of drug-likeness (QED) is 0.860. The fourth-order valence-corrected chi connectivity index (χ4v) is 4.53. The first kappa shape index (κ1) is 16.6. The third kappa shape index (κ3) is 3.30. The molecular weight excluding hydrogens is 336 g/mol. The zero-order valence-electron chi connectivity index (χ0n) is 14.7. The highest BCUT2D eigenvalue weighted by Crippen LogP contribution is 2.32. The Balaban J connectivity index is 1.62. The third-order valence-electron chi connectivity index (χ3n) is 4.97. The number of anilines is 1. The molecule has 0 bridgehead atoms. The van der Waals surface area contributed by atoms with E-state index >= 15 is 0 Å². The van der Waals surface area contributed by atoms with Gasteiger partial charge >= 0.3 is 0 Å². The summed E-state index contributed by atoms with van der Waals surface area (Å²) < 4.78 is 30.5. The fraction of sp³-hybridized carbons (Fsp3) is 0.500. The van der Waals surface area contributed by atoms with Crippen LogP contribution in [0.1, 0.15) is 36.7 Å². The van der Waals surface area contributed by atoms with E-state index in [9.17, 15) is 8.42 Å². The van der Waals surface area contributed by atoms with Crippen molar-refractivity contribution in [2.45, 2.75) is 50.8 Å². The van der Waals surface area contributed by atoms with Gasteiger partial charge in [0.25, 0.3) is 10.0 Å². The maximum absolute atomic E-state index is 12.9. The summed E-state index contributed by atoms with van der Waals surface area (Å²) in [5, 5.41) is 0.119. The molecule has 0 atom stereocenters. The third-order valence-corrected chi connectivity index (χ3v) is 6.20. The van der Waals surface area contributed by atoms with E-state index in [0.717, 1.165) is 37.4 Å². The Morgan fingerprint density at radius 2 is 2.08 bits per heavy atom. The highest BCUT2D eigenvalue weighted by atomic mass is 32.2. The average molecular weight is 360 g/mol. The molecule has 2 aliphatic rings. The summed E-state index contributed by atoms with van der Waals surface area (Å²) in [4.78, 5) is 6.56. The van der Waals surface area contributed by atoms with E-state index in [0.29, 0.717) is 11.6 Å². The number of benzene rings is 1. The highest BCUT2D eigenvalue weighted by molar-refractivity contribution is 7.92. The van der Waals surface area contributed by atoms with Crippen LogP contribution in [-0.2, 0) is 36.1 Å². The maximum Gasteiger partial charge on any atom is 0.280 e. The van der Waals surface area contributed by atoms with Gasteiger partial charge in [-0.15, -0.1) is 0 Å². The van der Waals surface area contributed by atoms with Crippen LogP contribution < -0.4 is 4.72 Å². The van der Waals surface area contributed by atoms with Crippen molar-refractivity contribution in [3.05, 3.63) is 41.3 Å². The first-order chi connectivity index (χ1) is 12.0. The van der Waals surface area contributed by atoms with Gasteiger partial charge in [-0.05, 0) is 43.0 Å². The molecule has 2 aromatic rings. The number of fused-ring (bicyclic) bond motifs is 1. The Hall–Kier alpha value is -1.86. The Kier molecular flexibility index (Phi) is 4.08. The first-order valence-electron chi connectivity index (χ1n) is 8.84. The summed E-state index contributed by atoms with van der Waals surface area (Å²) >= 11 is 0. The number of imidazole rings is 1. The van der Waals surface area contributed by atoms with Gasteiger partial charge in [0.15, 0.2) is 5.03 Å². The second kappa shape index (κ2) is 6.14. The van der Waals surface area contributed by atoms with E-state index in [2.05, 4.69) is 20.7 Å². The molecule has 0 spiro atoms. The summed E-state index contributed by atoms with van der Waals surface area (Å²) in [5.74, 6) is 1.52. The van der Waals surface area contributed by atoms with Crippen LogP contribution in [0.15, 0.2) is 29.4 Å². The Morgan fingerprint density at radius 3 is 2.80 bits per heavy atom. The predicted molar refractivity (Wildman–Crippen MR) is 96.8 cm³/mol. The largest absolute Gasteiger partial charge is 0.333 e. The number of rotatable bonds is 6. The summed E-state index contributed by atoms with van der Waals surface area (Å²) in [6.45, 7) is 4.48. The van der Waals surface area contributed by atoms with Crippen LogP contribution in [0.5, 0.6) is 0 Å². The average Bonchev–Trinajstić information content (AvgIpc) is 3.13. The molecule has 1 fully saturated rings. The molecule has 1 aromatic heterocycles. The van der Waals surface area contributed by atoms with Crippen LogP contribution in [0.4, 0.5) is 5.69 Å². The molecule has 25 heavy (non-hydrogen) atoms. The molecule has 1 aliphatic heterocycles. The molecule has 1 saturated carbocycles. The Bertz CT molecular complexity index is 900. The molecule has 7 heteroatoms. The van der Waals surface area contributed by atoms with Crippen LogP contribution in [0.3, 0.4) is 0 Å². The Morgan fingerprint density at radius 1 is 1.28 bits per heavy atom. The number of hydrogen-bond acceptors (Lipinski definition) is 4. The standard InChI is InChI=1S/C18H24N4O2S/c1-3-17-19-18(12-22(17)9-13-7-8-13)25(23,24)20-16-6-4-5-14-10-21(2)11-15(14)16/h4-6,12-13,20H,3,7-11H2,1-2H3. The van der Waals surface area contributed by atoms with Crippen molar-refractivity contribution in [1.29, 1.82) is 0 Å². The van der Waals surface area contributed by atoms with Crippen molar-refractivity contribution in [2.24, 2.45) is 5.92 Å². The van der Waals surface area contributed by atoms with E-state index in [-0.39, 0.29) is 5.03 Å². The number of aryl methyl sites for hydroxylation is 1. The minimum absolute atomic E-state index is 0.119. The lowest BCUT2D eigenvalue weighted by molar-refractivity contribution is 0.353. The highest BCUT2D eigenvalue weighted by Gasteiger charge is 2.27. The van der Waals surface area contributed by atoms with Crippen molar-refractivity contribution in [2.75, 3.05) is 11.8 Å². The lowest BCUT2D eigenvalue weighted by Crippen LogP contribution is -2.15. The van der Waals surface area contributed by atoms with E-state index in [1.807, 2.05) is 30.7 Å². The van der Waals surface area contributed by atoms with E-state index < -0.39 is 10.0 Å². The topological polar surface area (TPSA) is 67.2 Å². The minimum atomic E-state index is -3.68. The van der Waals surface area contributed by atoms with Crippen LogP contribution in [-0.4, -0.2) is 29.9 Å². The van der Waals surface area contributed by atoms with E-state index in [4.69, 9.17) is 0 Å². The molecule has 0 amide bonds. The van der Waals surface area contributed by atoms with Gasteiger partial charge < -0.3 is 4.57 Å². The lowest BCUT2D eigenvalue weighted by Gasteiger charge is -2.10. The van der Waals surface area contributed by atoms with Crippen LogP contribution in [0.25, 0.3) is 0 Å². The zero-order valence-corrected chi connectivity index (χ0v) is 15.5. The summed E-state index contributed by atoms with van der Waals surface area (Å²) in [6, 6.07) is 5.78. The molecule has 1 aliphatic carbocycles. The van der Waals surface area contributed by atoms with Gasteiger partial charge in [-0.25, -0.2) is 4.98 Å². The molecule has 4 rings (SSSR count). The molecule has 134 valence electrons. The number of aromatic nitrogens is 2. The van der Waals surface area contributed by atoms with Crippen LogP contribution in [0.2, 0.25) is 0 Å².